The van der Waals surface area contributed by atoms with Gasteiger partial charge in [-0.1, -0.05) is 114 Å². The largest absolute Gasteiger partial charge is 0.494 e. The van der Waals surface area contributed by atoms with Crippen molar-refractivity contribution in [1.82, 2.24) is 0 Å². The van der Waals surface area contributed by atoms with Crippen LogP contribution in [0.25, 0.3) is 33.4 Å². The van der Waals surface area contributed by atoms with Gasteiger partial charge in [-0.2, -0.15) is 0 Å². The van der Waals surface area contributed by atoms with E-state index in [1.54, 1.807) is 0 Å². The molecule has 10 aromatic rings. The Hall–Kier alpha value is -9.60. The monoisotopic (exact) mass is 1160 g/mol. The number of ether oxygens (including phenoxy) is 6. The molecule has 0 saturated heterocycles. The molecule has 0 aliphatic carbocycles. The molecule has 9 heteroatoms. The van der Waals surface area contributed by atoms with Crippen LogP contribution in [0.15, 0.2) is 237 Å². The summed E-state index contributed by atoms with van der Waals surface area (Å²) < 4.78 is 37.0. The first-order chi connectivity index (χ1) is 42.8. The van der Waals surface area contributed by atoms with Gasteiger partial charge in [0.1, 0.15) is 34.5 Å². The third-order valence-electron chi connectivity index (χ3n) is 14.6. The molecule has 0 spiro atoms. The van der Waals surface area contributed by atoms with Crippen LogP contribution in [0.2, 0.25) is 0 Å². The molecule has 10 rings (SSSR count). The van der Waals surface area contributed by atoms with Crippen molar-refractivity contribution in [3.05, 3.63) is 237 Å². The highest BCUT2D eigenvalue weighted by Crippen LogP contribution is 2.44. The molecule has 0 bridgehead atoms. The molecule has 0 fully saturated rings. The van der Waals surface area contributed by atoms with E-state index in [2.05, 4.69) is 256 Å². The van der Waals surface area contributed by atoms with E-state index in [1.807, 2.05) is 36.4 Å². The standard InChI is InChI=1S/C78H81N3O6/c1-7-43-82-73-25-13-19-67(52-73)79(68-20-14-26-74(53-68)83-44-8-2)64-37-31-58(32-38-64)61-49-62(59-33-39-65(40-34-59)80(69-21-15-27-75(54-69)84-45-9-3)70-22-16-28-76(55-70)85-46-10-4)51-63(50-61)60-35-41-66(42-36-60)81(71-23-17-29-77(56-71)86-47-11-5)72-24-18-30-78(57-72)87-48-12-6/h13-42,49-57H,7-12,43-48H2,1-6H3. The van der Waals surface area contributed by atoms with Crippen molar-refractivity contribution in [1.29, 1.82) is 0 Å². The smallest absolute Gasteiger partial charge is 0.121 e. The Morgan fingerprint density at radius 2 is 0.379 bits per heavy atom. The quantitative estimate of drug-likeness (QED) is 0.0438. The summed E-state index contributed by atoms with van der Waals surface area (Å²) in [6, 6.07) is 83.6. The third-order valence-corrected chi connectivity index (χ3v) is 14.6. The summed E-state index contributed by atoms with van der Waals surface area (Å²) in [5, 5.41) is 0. The van der Waals surface area contributed by atoms with Crippen molar-refractivity contribution >= 4 is 51.2 Å². The van der Waals surface area contributed by atoms with Crippen LogP contribution in [0.5, 0.6) is 34.5 Å². The van der Waals surface area contributed by atoms with Gasteiger partial charge in [0.15, 0.2) is 0 Å². The van der Waals surface area contributed by atoms with Crippen molar-refractivity contribution in [2.75, 3.05) is 54.3 Å². The average Bonchev–Trinajstić information content (AvgIpc) is 2.83. The van der Waals surface area contributed by atoms with E-state index < -0.39 is 0 Å². The summed E-state index contributed by atoms with van der Waals surface area (Å²) >= 11 is 0. The lowest BCUT2D eigenvalue weighted by molar-refractivity contribution is 0.317. The van der Waals surface area contributed by atoms with Crippen molar-refractivity contribution < 1.29 is 28.4 Å². The van der Waals surface area contributed by atoms with Gasteiger partial charge < -0.3 is 43.1 Å². The number of nitrogens with zero attached hydrogens (tertiary/aromatic N) is 3. The molecule has 0 aromatic heterocycles. The van der Waals surface area contributed by atoms with E-state index in [9.17, 15) is 0 Å². The second-order valence-corrected chi connectivity index (χ2v) is 21.5. The predicted molar refractivity (Wildman–Crippen MR) is 362 cm³/mol. The molecule has 0 heterocycles. The Morgan fingerprint density at radius 3 is 0.552 bits per heavy atom. The van der Waals surface area contributed by atoms with Crippen molar-refractivity contribution in [2.45, 2.75) is 80.1 Å². The van der Waals surface area contributed by atoms with E-state index in [4.69, 9.17) is 28.4 Å². The van der Waals surface area contributed by atoms with Crippen LogP contribution in [0, 0.1) is 0 Å². The Morgan fingerprint density at radius 1 is 0.195 bits per heavy atom. The van der Waals surface area contributed by atoms with Gasteiger partial charge in [0.25, 0.3) is 0 Å². The fraction of sp³-hybridized carbons (Fsp3) is 0.231. The molecule has 10 aromatic carbocycles. The second-order valence-electron chi connectivity index (χ2n) is 21.5. The van der Waals surface area contributed by atoms with Crippen molar-refractivity contribution in [2.24, 2.45) is 0 Å². The molecule has 0 saturated carbocycles. The SMILES string of the molecule is CCCOc1cccc(N(c2ccc(-c3cc(-c4ccc(N(c5cccc(OCCC)c5)c5cccc(OCCC)c5)cc4)cc(-c4ccc(N(c5cccc(OCCC)c5)c5cccc(OCCC)c5)cc4)c3)cc2)c2cccc(OCCC)c2)c1. The van der Waals surface area contributed by atoms with Gasteiger partial charge in [-0.05, 0) is 199 Å². The molecule has 0 amide bonds. The summed E-state index contributed by atoms with van der Waals surface area (Å²) in [5.41, 5.74) is 15.4. The van der Waals surface area contributed by atoms with Gasteiger partial charge in [-0.15, -0.1) is 0 Å². The maximum atomic E-state index is 6.17. The Bertz CT molecular complexity index is 3210. The van der Waals surface area contributed by atoms with Gasteiger partial charge >= 0.3 is 0 Å². The van der Waals surface area contributed by atoms with Gasteiger partial charge in [-0.25, -0.2) is 0 Å². The zero-order valence-corrected chi connectivity index (χ0v) is 51.3. The normalized spacial score (nSPS) is 11.0. The van der Waals surface area contributed by atoms with Crippen LogP contribution in [0.3, 0.4) is 0 Å². The van der Waals surface area contributed by atoms with Crippen LogP contribution in [-0.4, -0.2) is 39.6 Å². The molecule has 9 nitrogen and oxygen atoms in total. The van der Waals surface area contributed by atoms with Crippen LogP contribution in [-0.2, 0) is 0 Å². The first-order valence-corrected chi connectivity index (χ1v) is 31.1. The lowest BCUT2D eigenvalue weighted by Gasteiger charge is -2.27. The molecule has 0 aliphatic rings. The van der Waals surface area contributed by atoms with Gasteiger partial charge in [0.2, 0.25) is 0 Å². The average molecular weight is 1160 g/mol. The Labute approximate surface area is 515 Å². The van der Waals surface area contributed by atoms with Crippen LogP contribution in [0.1, 0.15) is 80.1 Å². The molecule has 0 radical (unpaired) electrons. The highest BCUT2D eigenvalue weighted by Gasteiger charge is 2.20. The summed E-state index contributed by atoms with van der Waals surface area (Å²) in [4.78, 5) is 6.81. The zero-order valence-electron chi connectivity index (χ0n) is 51.3. The Balaban J connectivity index is 1.07. The van der Waals surface area contributed by atoms with Gasteiger partial charge in [0, 0.05) is 87.6 Å². The lowest BCUT2D eigenvalue weighted by atomic mass is 9.93. The minimum absolute atomic E-state index is 0.643. The van der Waals surface area contributed by atoms with E-state index in [1.165, 1.54) is 0 Å². The summed E-state index contributed by atoms with van der Waals surface area (Å²) in [6.45, 7) is 16.6. The number of rotatable bonds is 30. The number of anilines is 9. The molecule has 87 heavy (non-hydrogen) atoms. The topological polar surface area (TPSA) is 65.1 Å². The van der Waals surface area contributed by atoms with Crippen molar-refractivity contribution in [3.8, 4) is 67.9 Å². The molecule has 444 valence electrons. The number of hydrogen-bond acceptors (Lipinski definition) is 9. The minimum atomic E-state index is 0.643. The molecular weight excluding hydrogens is 1070 g/mol. The molecule has 0 N–H and O–H groups in total. The van der Waals surface area contributed by atoms with E-state index in [0.717, 1.165) is 158 Å². The van der Waals surface area contributed by atoms with Crippen molar-refractivity contribution in [3.63, 3.8) is 0 Å². The van der Waals surface area contributed by atoms with Crippen LogP contribution < -0.4 is 43.1 Å². The molecular formula is C78H81N3O6. The van der Waals surface area contributed by atoms with Gasteiger partial charge in [0.05, 0.1) is 39.6 Å². The summed E-state index contributed by atoms with van der Waals surface area (Å²) in [7, 11) is 0. The van der Waals surface area contributed by atoms with E-state index >= 15 is 0 Å². The number of hydrogen-bond donors (Lipinski definition) is 0. The van der Waals surface area contributed by atoms with Crippen LogP contribution >= 0.6 is 0 Å². The highest BCUT2D eigenvalue weighted by molar-refractivity contribution is 5.86. The van der Waals surface area contributed by atoms with Crippen LogP contribution in [0.4, 0.5) is 51.2 Å². The fourth-order valence-corrected chi connectivity index (χ4v) is 10.5. The zero-order chi connectivity index (χ0) is 60.2. The first-order valence-electron chi connectivity index (χ1n) is 31.1. The fourth-order valence-electron chi connectivity index (χ4n) is 10.5. The van der Waals surface area contributed by atoms with E-state index in [-0.39, 0.29) is 0 Å². The third kappa shape index (κ3) is 15.6. The maximum Gasteiger partial charge on any atom is 0.121 e. The van der Waals surface area contributed by atoms with E-state index in [0.29, 0.717) is 39.6 Å². The highest BCUT2D eigenvalue weighted by atomic mass is 16.5. The predicted octanol–water partition coefficient (Wildman–Crippen LogP) is 21.8. The molecule has 0 aliphatic heterocycles. The lowest BCUT2D eigenvalue weighted by Crippen LogP contribution is -2.10. The number of benzene rings is 10. The minimum Gasteiger partial charge on any atom is -0.494 e. The van der Waals surface area contributed by atoms with Gasteiger partial charge in [-0.3, -0.25) is 0 Å². The molecule has 0 atom stereocenters. The molecule has 0 unspecified atom stereocenters. The first kappa shape index (κ1) is 60.5. The second kappa shape index (κ2) is 30.5. The maximum absolute atomic E-state index is 6.17. The summed E-state index contributed by atoms with van der Waals surface area (Å²) in [5.74, 6) is 4.97. The Kier molecular flexibility index (Phi) is 21.2. The summed E-state index contributed by atoms with van der Waals surface area (Å²) in [6.07, 6.45) is 5.54.